The number of benzene rings is 1. The van der Waals surface area contributed by atoms with Crippen LogP contribution in [-0.2, 0) is 6.18 Å². The van der Waals surface area contributed by atoms with E-state index in [-0.39, 0.29) is 5.82 Å². The molecule has 20 heavy (non-hydrogen) atoms. The number of nitrogens with one attached hydrogen (secondary N) is 1. The molecule has 0 radical (unpaired) electrons. The number of nitrogens with zero attached hydrogens (tertiary/aromatic N) is 2. The monoisotopic (exact) mass is 299 g/mol. The Bertz CT molecular complexity index is 592. The molecule has 0 fully saturated rings. The lowest BCUT2D eigenvalue weighted by Crippen LogP contribution is -2.05. The van der Waals surface area contributed by atoms with Gasteiger partial charge < -0.3 is 0 Å². The van der Waals surface area contributed by atoms with Gasteiger partial charge in [0.15, 0.2) is 0 Å². The minimum atomic E-state index is -4.39. The van der Waals surface area contributed by atoms with Crippen molar-refractivity contribution in [2.45, 2.75) is 6.18 Å². The first-order valence-corrected chi connectivity index (χ1v) is 5.91. The minimum Gasteiger partial charge on any atom is -0.261 e. The van der Waals surface area contributed by atoms with E-state index >= 15 is 0 Å². The number of pyridine rings is 1. The first-order chi connectivity index (χ1) is 9.45. The topological polar surface area (TPSA) is 37.3 Å². The molecule has 7 heteroatoms. The predicted molar refractivity (Wildman–Crippen MR) is 71.9 cm³/mol. The Balaban J connectivity index is 1.99. The third kappa shape index (κ3) is 3.96. The van der Waals surface area contributed by atoms with Crippen molar-refractivity contribution in [2.24, 2.45) is 5.10 Å². The minimum absolute atomic E-state index is 0.225. The molecule has 2 aromatic rings. The Hall–Kier alpha value is -2.08. The summed E-state index contributed by atoms with van der Waals surface area (Å²) < 4.78 is 37.0. The number of anilines is 1. The number of halogens is 4. The first-order valence-electron chi connectivity index (χ1n) is 5.53. The maximum atomic E-state index is 12.3. The second kappa shape index (κ2) is 5.92. The fraction of sp³-hybridized carbons (Fsp3) is 0.0769. The second-order valence-corrected chi connectivity index (χ2v) is 4.29. The third-order valence-corrected chi connectivity index (χ3v) is 2.61. The van der Waals surface area contributed by atoms with Gasteiger partial charge >= 0.3 is 6.18 Å². The quantitative estimate of drug-likeness (QED) is 0.681. The number of rotatable bonds is 3. The lowest BCUT2D eigenvalue weighted by atomic mass is 10.2. The SMILES string of the molecule is FC(F)(F)c1ccc(N/N=C\c2ccc(Cl)cc2)nc1. The van der Waals surface area contributed by atoms with Crippen LogP contribution < -0.4 is 5.43 Å². The lowest BCUT2D eigenvalue weighted by Gasteiger charge is -2.06. The standard InChI is InChI=1S/C13H9ClF3N3/c14-11-4-1-9(2-5-11)7-19-20-12-6-3-10(8-18-12)13(15,16)17/h1-8H,(H,18,20)/b19-7-. The molecule has 104 valence electrons. The van der Waals surface area contributed by atoms with E-state index in [2.05, 4.69) is 15.5 Å². The van der Waals surface area contributed by atoms with Gasteiger partial charge in [-0.2, -0.15) is 18.3 Å². The van der Waals surface area contributed by atoms with Crippen molar-refractivity contribution in [3.63, 3.8) is 0 Å². The Morgan fingerprint density at radius 1 is 1.10 bits per heavy atom. The van der Waals surface area contributed by atoms with Gasteiger partial charge in [0.1, 0.15) is 5.82 Å². The Morgan fingerprint density at radius 2 is 1.80 bits per heavy atom. The van der Waals surface area contributed by atoms with Crippen molar-refractivity contribution in [1.29, 1.82) is 0 Å². The van der Waals surface area contributed by atoms with Gasteiger partial charge in [0.25, 0.3) is 0 Å². The van der Waals surface area contributed by atoms with Crippen LogP contribution in [0, 0.1) is 0 Å². The maximum absolute atomic E-state index is 12.3. The summed E-state index contributed by atoms with van der Waals surface area (Å²) >= 11 is 5.73. The van der Waals surface area contributed by atoms with Crippen molar-refractivity contribution in [1.82, 2.24) is 4.98 Å². The van der Waals surface area contributed by atoms with E-state index in [1.807, 2.05) is 0 Å². The predicted octanol–water partition coefficient (Wildman–Crippen LogP) is 4.20. The van der Waals surface area contributed by atoms with Gasteiger partial charge in [-0.15, -0.1) is 0 Å². The summed E-state index contributed by atoms with van der Waals surface area (Å²) in [7, 11) is 0. The molecule has 0 aliphatic heterocycles. The van der Waals surface area contributed by atoms with Crippen molar-refractivity contribution >= 4 is 23.6 Å². The highest BCUT2D eigenvalue weighted by atomic mass is 35.5. The molecular weight excluding hydrogens is 291 g/mol. The molecule has 0 bridgehead atoms. The summed E-state index contributed by atoms with van der Waals surface area (Å²) in [5, 5.41) is 4.48. The van der Waals surface area contributed by atoms with Crippen LogP contribution in [0.4, 0.5) is 19.0 Å². The lowest BCUT2D eigenvalue weighted by molar-refractivity contribution is -0.137. The fourth-order valence-electron chi connectivity index (χ4n) is 1.35. The molecule has 1 aromatic carbocycles. The van der Waals surface area contributed by atoms with Crippen LogP contribution in [0.5, 0.6) is 0 Å². The average molecular weight is 300 g/mol. The number of alkyl halides is 3. The van der Waals surface area contributed by atoms with E-state index in [1.54, 1.807) is 24.3 Å². The average Bonchev–Trinajstić information content (AvgIpc) is 2.41. The molecule has 0 aliphatic rings. The summed E-state index contributed by atoms with van der Waals surface area (Å²) in [5.41, 5.74) is 2.54. The van der Waals surface area contributed by atoms with E-state index in [4.69, 9.17) is 11.6 Å². The Labute approximate surface area is 118 Å². The van der Waals surface area contributed by atoms with Gasteiger partial charge in [-0.25, -0.2) is 4.98 Å². The van der Waals surface area contributed by atoms with Crippen LogP contribution in [0.2, 0.25) is 5.02 Å². The molecule has 0 saturated heterocycles. The molecule has 2 rings (SSSR count). The van der Waals surface area contributed by atoms with E-state index in [0.717, 1.165) is 17.8 Å². The van der Waals surface area contributed by atoms with Gasteiger partial charge in [-0.1, -0.05) is 23.7 Å². The fourth-order valence-corrected chi connectivity index (χ4v) is 1.48. The molecule has 0 unspecified atom stereocenters. The molecule has 0 saturated carbocycles. The zero-order valence-electron chi connectivity index (χ0n) is 10.0. The molecule has 0 amide bonds. The third-order valence-electron chi connectivity index (χ3n) is 2.35. The highest BCUT2D eigenvalue weighted by Crippen LogP contribution is 2.28. The number of hydrogen-bond donors (Lipinski definition) is 1. The summed E-state index contributed by atoms with van der Waals surface area (Å²) in [4.78, 5) is 3.62. The van der Waals surface area contributed by atoms with Crippen LogP contribution >= 0.6 is 11.6 Å². The number of hydrogen-bond acceptors (Lipinski definition) is 3. The molecule has 0 aliphatic carbocycles. The van der Waals surface area contributed by atoms with Crippen LogP contribution in [0.15, 0.2) is 47.7 Å². The first kappa shape index (κ1) is 14.3. The van der Waals surface area contributed by atoms with E-state index in [9.17, 15) is 13.2 Å². The van der Waals surface area contributed by atoms with E-state index < -0.39 is 11.7 Å². The molecule has 1 heterocycles. The van der Waals surface area contributed by atoms with Crippen molar-refractivity contribution < 1.29 is 13.2 Å². The molecule has 1 N–H and O–H groups in total. The van der Waals surface area contributed by atoms with E-state index in [1.165, 1.54) is 12.3 Å². The molecular formula is C13H9ClF3N3. The van der Waals surface area contributed by atoms with Crippen LogP contribution in [0.3, 0.4) is 0 Å². The molecule has 3 nitrogen and oxygen atoms in total. The maximum Gasteiger partial charge on any atom is 0.417 e. The second-order valence-electron chi connectivity index (χ2n) is 3.85. The zero-order chi connectivity index (χ0) is 14.6. The van der Waals surface area contributed by atoms with Crippen LogP contribution in [-0.4, -0.2) is 11.2 Å². The highest BCUT2D eigenvalue weighted by Gasteiger charge is 2.30. The normalized spacial score (nSPS) is 11.8. The van der Waals surface area contributed by atoms with Gasteiger partial charge in [0.05, 0.1) is 11.8 Å². The largest absolute Gasteiger partial charge is 0.417 e. The smallest absolute Gasteiger partial charge is 0.261 e. The highest BCUT2D eigenvalue weighted by molar-refractivity contribution is 6.30. The zero-order valence-corrected chi connectivity index (χ0v) is 10.8. The molecule has 0 atom stereocenters. The van der Waals surface area contributed by atoms with Crippen molar-refractivity contribution in [3.8, 4) is 0 Å². The molecule has 0 spiro atoms. The number of aromatic nitrogens is 1. The Kier molecular flexibility index (Phi) is 4.24. The summed E-state index contributed by atoms with van der Waals surface area (Å²) in [6.45, 7) is 0. The number of hydrazone groups is 1. The van der Waals surface area contributed by atoms with Crippen molar-refractivity contribution in [2.75, 3.05) is 5.43 Å². The van der Waals surface area contributed by atoms with Crippen molar-refractivity contribution in [3.05, 3.63) is 58.7 Å². The summed E-state index contributed by atoms with van der Waals surface area (Å²) in [6, 6.07) is 9.08. The van der Waals surface area contributed by atoms with Crippen LogP contribution in [0.25, 0.3) is 0 Å². The summed E-state index contributed by atoms with van der Waals surface area (Å²) in [6.07, 6.45) is -2.13. The van der Waals surface area contributed by atoms with Crippen LogP contribution in [0.1, 0.15) is 11.1 Å². The van der Waals surface area contributed by atoms with Gasteiger partial charge in [0, 0.05) is 11.2 Å². The molecule has 1 aromatic heterocycles. The van der Waals surface area contributed by atoms with Gasteiger partial charge in [0.2, 0.25) is 0 Å². The van der Waals surface area contributed by atoms with Gasteiger partial charge in [-0.3, -0.25) is 5.43 Å². The summed E-state index contributed by atoms with van der Waals surface area (Å²) in [5.74, 6) is 0.225. The Morgan fingerprint density at radius 3 is 2.35 bits per heavy atom. The van der Waals surface area contributed by atoms with E-state index in [0.29, 0.717) is 5.02 Å². The van der Waals surface area contributed by atoms with Gasteiger partial charge in [-0.05, 0) is 29.8 Å².